The van der Waals surface area contributed by atoms with Crippen LogP contribution in [0.1, 0.15) is 11.1 Å². The molecule has 0 saturated carbocycles. The first-order valence-electron chi connectivity index (χ1n) is 6.37. The molecule has 0 amide bonds. The number of anilines is 1. The Hall–Kier alpha value is -2.18. The highest BCUT2D eigenvalue weighted by atomic mass is 16.5. The second kappa shape index (κ2) is 6.83. The van der Waals surface area contributed by atoms with Crippen LogP contribution in [0.4, 0.5) is 5.82 Å². The first-order valence-corrected chi connectivity index (χ1v) is 6.37. The van der Waals surface area contributed by atoms with Crippen molar-refractivity contribution in [3.63, 3.8) is 0 Å². The minimum absolute atomic E-state index is 0.0664. The summed E-state index contributed by atoms with van der Waals surface area (Å²) in [5, 5.41) is 0. The molecule has 106 valence electrons. The second-order valence-corrected chi connectivity index (χ2v) is 4.53. The molecular formula is C14H19N5O. The number of aromatic nitrogens is 2. The molecule has 0 aliphatic rings. The van der Waals surface area contributed by atoms with E-state index in [1.807, 2.05) is 24.3 Å². The molecule has 0 fully saturated rings. The topological polar surface area (TPSA) is 99.1 Å². The van der Waals surface area contributed by atoms with Gasteiger partial charge in [-0.1, -0.05) is 12.1 Å². The van der Waals surface area contributed by atoms with Crippen LogP contribution in [-0.2, 0) is 12.8 Å². The number of ether oxygens (including phenoxy) is 1. The first-order chi connectivity index (χ1) is 9.72. The number of rotatable bonds is 6. The summed E-state index contributed by atoms with van der Waals surface area (Å²) in [6, 6.07) is 7.70. The van der Waals surface area contributed by atoms with Crippen LogP contribution in [0.15, 0.2) is 36.7 Å². The minimum Gasteiger partial charge on any atom is -0.481 e. The molecule has 5 N–H and O–H groups in total. The molecule has 2 heterocycles. The van der Waals surface area contributed by atoms with Crippen LogP contribution in [0.3, 0.4) is 0 Å². The summed E-state index contributed by atoms with van der Waals surface area (Å²) in [6.07, 6.45) is 4.93. The van der Waals surface area contributed by atoms with Gasteiger partial charge in [0.2, 0.25) is 5.88 Å². The number of nitrogens with two attached hydrogens (primary N) is 2. The zero-order chi connectivity index (χ0) is 14.4. The lowest BCUT2D eigenvalue weighted by molar-refractivity contribution is 0.397. The van der Waals surface area contributed by atoms with E-state index in [1.54, 1.807) is 19.5 Å². The highest BCUT2D eigenvalue weighted by Crippen LogP contribution is 2.13. The number of hydrogen-bond donors (Lipinski definition) is 3. The molecule has 0 saturated heterocycles. The molecule has 0 bridgehead atoms. The predicted octanol–water partition coefficient (Wildman–Crippen LogP) is 0.685. The summed E-state index contributed by atoms with van der Waals surface area (Å²) in [5.41, 5.74) is 10.7. The van der Waals surface area contributed by atoms with Crippen molar-refractivity contribution >= 4 is 5.82 Å². The van der Waals surface area contributed by atoms with Crippen molar-refractivity contribution < 1.29 is 4.74 Å². The molecule has 0 spiro atoms. The highest BCUT2D eigenvalue weighted by Gasteiger charge is 2.11. The Balaban J connectivity index is 2.03. The van der Waals surface area contributed by atoms with E-state index in [9.17, 15) is 0 Å². The Morgan fingerprint density at radius 1 is 1.25 bits per heavy atom. The quantitative estimate of drug-likeness (QED) is 0.529. The average Bonchev–Trinajstić information content (AvgIpc) is 2.49. The molecule has 0 aromatic carbocycles. The van der Waals surface area contributed by atoms with Crippen LogP contribution in [0.25, 0.3) is 0 Å². The van der Waals surface area contributed by atoms with Crippen molar-refractivity contribution in [2.24, 2.45) is 5.84 Å². The summed E-state index contributed by atoms with van der Waals surface area (Å²) in [5.74, 6) is 6.76. The molecule has 0 aliphatic carbocycles. The van der Waals surface area contributed by atoms with Crippen LogP contribution >= 0.6 is 0 Å². The largest absolute Gasteiger partial charge is 0.481 e. The van der Waals surface area contributed by atoms with Crippen molar-refractivity contribution in [1.82, 2.24) is 15.4 Å². The number of hydrogen-bond acceptors (Lipinski definition) is 6. The number of nitrogens with zero attached hydrogens (tertiary/aromatic N) is 2. The maximum Gasteiger partial charge on any atom is 0.212 e. The lowest BCUT2D eigenvalue weighted by Gasteiger charge is -2.16. The Kier molecular flexibility index (Phi) is 4.86. The average molecular weight is 273 g/mol. The monoisotopic (exact) mass is 273 g/mol. The lowest BCUT2D eigenvalue weighted by atomic mass is 10.0. The third-order valence-corrected chi connectivity index (χ3v) is 3.12. The molecule has 2 aromatic heterocycles. The van der Waals surface area contributed by atoms with E-state index in [4.69, 9.17) is 16.3 Å². The summed E-state index contributed by atoms with van der Waals surface area (Å²) in [4.78, 5) is 8.26. The number of nitrogens with one attached hydrogen (secondary N) is 1. The van der Waals surface area contributed by atoms with E-state index >= 15 is 0 Å². The SMILES string of the molecule is COc1ccc(CC(Cc2cccnc2N)NN)cn1. The van der Waals surface area contributed by atoms with Gasteiger partial charge >= 0.3 is 0 Å². The highest BCUT2D eigenvalue weighted by molar-refractivity contribution is 5.39. The van der Waals surface area contributed by atoms with Gasteiger partial charge in [-0.3, -0.25) is 11.3 Å². The summed E-state index contributed by atoms with van der Waals surface area (Å²) < 4.78 is 5.04. The fourth-order valence-electron chi connectivity index (χ4n) is 2.02. The van der Waals surface area contributed by atoms with Crippen molar-refractivity contribution in [2.45, 2.75) is 18.9 Å². The Morgan fingerprint density at radius 2 is 2.10 bits per heavy atom. The number of methoxy groups -OCH3 is 1. The van der Waals surface area contributed by atoms with Gasteiger partial charge in [-0.25, -0.2) is 9.97 Å². The molecule has 0 radical (unpaired) electrons. The molecule has 1 atom stereocenters. The number of hydrazine groups is 1. The normalized spacial score (nSPS) is 12.1. The van der Waals surface area contributed by atoms with E-state index in [0.29, 0.717) is 18.1 Å². The van der Waals surface area contributed by atoms with Crippen LogP contribution < -0.4 is 21.7 Å². The summed E-state index contributed by atoms with van der Waals surface area (Å²) in [6.45, 7) is 0. The van der Waals surface area contributed by atoms with Crippen LogP contribution in [-0.4, -0.2) is 23.1 Å². The van der Waals surface area contributed by atoms with Crippen molar-refractivity contribution in [1.29, 1.82) is 0 Å². The maximum atomic E-state index is 5.85. The van der Waals surface area contributed by atoms with Crippen molar-refractivity contribution in [2.75, 3.05) is 12.8 Å². The Bertz CT molecular complexity index is 544. The number of pyridine rings is 2. The van der Waals surface area contributed by atoms with Crippen LogP contribution in [0.2, 0.25) is 0 Å². The van der Waals surface area contributed by atoms with Crippen LogP contribution in [0, 0.1) is 0 Å². The molecular weight excluding hydrogens is 254 g/mol. The zero-order valence-electron chi connectivity index (χ0n) is 11.4. The zero-order valence-corrected chi connectivity index (χ0v) is 11.4. The van der Waals surface area contributed by atoms with E-state index in [1.165, 1.54) is 0 Å². The van der Waals surface area contributed by atoms with E-state index in [2.05, 4.69) is 15.4 Å². The Labute approximate surface area is 118 Å². The van der Waals surface area contributed by atoms with Crippen LogP contribution in [0.5, 0.6) is 5.88 Å². The molecule has 1 unspecified atom stereocenters. The van der Waals surface area contributed by atoms with Crippen molar-refractivity contribution in [3.05, 3.63) is 47.8 Å². The molecule has 6 nitrogen and oxygen atoms in total. The minimum atomic E-state index is 0.0664. The third kappa shape index (κ3) is 3.66. The van der Waals surface area contributed by atoms with Gasteiger partial charge in [-0.2, -0.15) is 0 Å². The molecule has 6 heteroatoms. The van der Waals surface area contributed by atoms with E-state index < -0.39 is 0 Å². The van der Waals surface area contributed by atoms with E-state index in [-0.39, 0.29) is 6.04 Å². The van der Waals surface area contributed by atoms with Gasteiger partial charge in [0, 0.05) is 24.5 Å². The smallest absolute Gasteiger partial charge is 0.212 e. The fraction of sp³-hybridized carbons (Fsp3) is 0.286. The van der Waals surface area contributed by atoms with Gasteiger partial charge in [-0.05, 0) is 30.0 Å². The predicted molar refractivity (Wildman–Crippen MR) is 78.0 cm³/mol. The standard InChI is InChI=1S/C14H19N5O/c1-20-13-5-4-10(9-18-13)7-12(19-16)8-11-3-2-6-17-14(11)15/h2-6,9,12,19H,7-8,16H2,1H3,(H2,15,17). The van der Waals surface area contributed by atoms with Gasteiger partial charge in [-0.15, -0.1) is 0 Å². The second-order valence-electron chi connectivity index (χ2n) is 4.53. The summed E-state index contributed by atoms with van der Waals surface area (Å²) >= 11 is 0. The van der Waals surface area contributed by atoms with Gasteiger partial charge in [0.05, 0.1) is 7.11 Å². The molecule has 0 aliphatic heterocycles. The Morgan fingerprint density at radius 3 is 2.70 bits per heavy atom. The lowest BCUT2D eigenvalue weighted by Crippen LogP contribution is -2.38. The van der Waals surface area contributed by atoms with Gasteiger partial charge in [0.1, 0.15) is 5.82 Å². The summed E-state index contributed by atoms with van der Waals surface area (Å²) in [7, 11) is 1.59. The molecule has 20 heavy (non-hydrogen) atoms. The third-order valence-electron chi connectivity index (χ3n) is 3.12. The van der Waals surface area contributed by atoms with Gasteiger partial charge in [0.25, 0.3) is 0 Å². The first kappa shape index (κ1) is 14.2. The number of nitrogen functional groups attached to an aromatic ring is 1. The van der Waals surface area contributed by atoms with Gasteiger partial charge < -0.3 is 10.5 Å². The molecule has 2 rings (SSSR count). The van der Waals surface area contributed by atoms with E-state index in [0.717, 1.165) is 17.5 Å². The van der Waals surface area contributed by atoms with Gasteiger partial charge in [0.15, 0.2) is 0 Å². The molecule has 2 aromatic rings. The fourth-order valence-corrected chi connectivity index (χ4v) is 2.02. The van der Waals surface area contributed by atoms with Crippen molar-refractivity contribution in [3.8, 4) is 5.88 Å². The maximum absolute atomic E-state index is 5.85.